The molecule has 1 rings (SSSR count). The smallest absolute Gasteiger partial charge is 0.237 e. The van der Waals surface area contributed by atoms with Crippen LogP contribution in [0.2, 0.25) is 0 Å². The Bertz CT molecular complexity index is 231. The monoisotopic (exact) mass is 228 g/mol. The molecule has 0 aromatic carbocycles. The van der Waals surface area contributed by atoms with Crippen molar-refractivity contribution in [1.29, 1.82) is 0 Å². The number of hydrogen-bond acceptors (Lipinski definition) is 3. The van der Waals surface area contributed by atoms with Crippen molar-refractivity contribution < 1.29 is 9.90 Å². The molecule has 1 aliphatic heterocycles. The van der Waals surface area contributed by atoms with Gasteiger partial charge in [-0.05, 0) is 40.2 Å². The van der Waals surface area contributed by atoms with Crippen molar-refractivity contribution in [3.8, 4) is 0 Å². The minimum absolute atomic E-state index is 0.0651. The quantitative estimate of drug-likeness (QED) is 0.746. The van der Waals surface area contributed by atoms with Crippen molar-refractivity contribution >= 4 is 5.91 Å². The highest BCUT2D eigenvalue weighted by molar-refractivity contribution is 5.81. The summed E-state index contributed by atoms with van der Waals surface area (Å²) in [7, 11) is 0. The predicted molar refractivity (Wildman–Crippen MR) is 64.2 cm³/mol. The molecule has 0 aromatic heterocycles. The maximum atomic E-state index is 11.9. The first kappa shape index (κ1) is 13.5. The predicted octanol–water partition coefficient (Wildman–Crippen LogP) is 0.746. The molecule has 0 aromatic rings. The topological polar surface area (TPSA) is 52.6 Å². The van der Waals surface area contributed by atoms with E-state index in [0.717, 1.165) is 25.8 Å². The normalized spacial score (nSPS) is 24.4. The maximum absolute atomic E-state index is 11.9. The number of nitrogens with zero attached hydrogens (tertiary/aromatic N) is 1. The van der Waals surface area contributed by atoms with Crippen LogP contribution in [0.4, 0.5) is 0 Å². The van der Waals surface area contributed by atoms with E-state index in [4.69, 9.17) is 0 Å². The summed E-state index contributed by atoms with van der Waals surface area (Å²) in [4.78, 5) is 14.0. The average molecular weight is 228 g/mol. The lowest BCUT2D eigenvalue weighted by molar-refractivity contribution is -0.128. The van der Waals surface area contributed by atoms with Crippen LogP contribution in [-0.4, -0.2) is 47.2 Å². The Kier molecular flexibility index (Phi) is 5.22. The summed E-state index contributed by atoms with van der Waals surface area (Å²) < 4.78 is 0. The lowest BCUT2D eigenvalue weighted by atomic mass is 10.0. The van der Waals surface area contributed by atoms with Gasteiger partial charge in [-0.2, -0.15) is 0 Å². The standard InChI is InChI=1S/C12H24N2O2/c1-9(2)13-12(16)10(3)14-7-5-4-6-11(14)8-15/h9-11,15H,4-8H2,1-3H3,(H,13,16). The lowest BCUT2D eigenvalue weighted by Crippen LogP contribution is -2.53. The van der Waals surface area contributed by atoms with Gasteiger partial charge in [0.15, 0.2) is 0 Å². The Morgan fingerprint density at radius 1 is 1.44 bits per heavy atom. The van der Waals surface area contributed by atoms with E-state index in [-0.39, 0.29) is 30.6 Å². The van der Waals surface area contributed by atoms with Crippen LogP contribution in [0.15, 0.2) is 0 Å². The molecule has 16 heavy (non-hydrogen) atoms. The summed E-state index contributed by atoms with van der Waals surface area (Å²) in [5.74, 6) is 0.0651. The highest BCUT2D eigenvalue weighted by Crippen LogP contribution is 2.19. The molecule has 1 saturated heterocycles. The van der Waals surface area contributed by atoms with Crippen molar-refractivity contribution in [3.63, 3.8) is 0 Å². The largest absolute Gasteiger partial charge is 0.395 e. The summed E-state index contributed by atoms with van der Waals surface area (Å²) in [6, 6.07) is 0.189. The molecule has 1 amide bonds. The van der Waals surface area contributed by atoms with Crippen LogP contribution >= 0.6 is 0 Å². The molecular formula is C12H24N2O2. The first-order chi connectivity index (χ1) is 7.56. The molecule has 1 aliphatic rings. The highest BCUT2D eigenvalue weighted by Gasteiger charge is 2.29. The van der Waals surface area contributed by atoms with Gasteiger partial charge in [0.25, 0.3) is 0 Å². The zero-order valence-electron chi connectivity index (χ0n) is 10.6. The second kappa shape index (κ2) is 6.21. The molecule has 4 nitrogen and oxygen atoms in total. The minimum atomic E-state index is -0.139. The average Bonchev–Trinajstić information content (AvgIpc) is 2.27. The fraction of sp³-hybridized carbons (Fsp3) is 0.917. The van der Waals surface area contributed by atoms with Crippen molar-refractivity contribution in [1.82, 2.24) is 10.2 Å². The molecule has 0 bridgehead atoms. The van der Waals surface area contributed by atoms with E-state index in [0.29, 0.717) is 0 Å². The van der Waals surface area contributed by atoms with E-state index in [1.165, 1.54) is 0 Å². The van der Waals surface area contributed by atoms with E-state index < -0.39 is 0 Å². The fourth-order valence-electron chi connectivity index (χ4n) is 2.28. The van der Waals surface area contributed by atoms with Crippen LogP contribution in [0, 0.1) is 0 Å². The molecule has 94 valence electrons. The molecular weight excluding hydrogens is 204 g/mol. The van der Waals surface area contributed by atoms with Crippen LogP contribution in [-0.2, 0) is 4.79 Å². The molecule has 0 aliphatic carbocycles. The Morgan fingerprint density at radius 2 is 2.12 bits per heavy atom. The van der Waals surface area contributed by atoms with Crippen molar-refractivity contribution in [3.05, 3.63) is 0 Å². The van der Waals surface area contributed by atoms with Crippen molar-refractivity contribution in [2.45, 2.75) is 58.2 Å². The molecule has 2 N–H and O–H groups in total. The molecule has 1 fully saturated rings. The second-order valence-corrected chi connectivity index (χ2v) is 4.91. The number of piperidine rings is 1. The van der Waals surface area contributed by atoms with Gasteiger partial charge < -0.3 is 10.4 Å². The van der Waals surface area contributed by atoms with Gasteiger partial charge in [-0.15, -0.1) is 0 Å². The Labute approximate surface area is 98.0 Å². The van der Waals surface area contributed by atoms with Crippen LogP contribution in [0.5, 0.6) is 0 Å². The van der Waals surface area contributed by atoms with Crippen LogP contribution in [0.25, 0.3) is 0 Å². The van der Waals surface area contributed by atoms with Gasteiger partial charge in [0.05, 0.1) is 12.6 Å². The molecule has 4 heteroatoms. The molecule has 2 unspecified atom stereocenters. The summed E-state index contributed by atoms with van der Waals surface area (Å²) in [6.45, 7) is 6.91. The van der Waals surface area contributed by atoms with E-state index in [1.807, 2.05) is 20.8 Å². The summed E-state index contributed by atoms with van der Waals surface area (Å²) >= 11 is 0. The molecule has 0 saturated carbocycles. The second-order valence-electron chi connectivity index (χ2n) is 4.91. The molecule has 0 radical (unpaired) electrons. The number of rotatable bonds is 4. The van der Waals surface area contributed by atoms with E-state index in [2.05, 4.69) is 10.2 Å². The zero-order chi connectivity index (χ0) is 12.1. The number of carbonyl (C=O) groups excluding carboxylic acids is 1. The Morgan fingerprint density at radius 3 is 2.69 bits per heavy atom. The third kappa shape index (κ3) is 3.46. The van der Waals surface area contributed by atoms with Gasteiger partial charge in [0, 0.05) is 12.1 Å². The van der Waals surface area contributed by atoms with Crippen LogP contribution in [0.1, 0.15) is 40.0 Å². The third-order valence-electron chi connectivity index (χ3n) is 3.19. The molecule has 0 spiro atoms. The number of aliphatic hydroxyl groups is 1. The lowest BCUT2D eigenvalue weighted by Gasteiger charge is -2.38. The summed E-state index contributed by atoms with van der Waals surface area (Å²) in [5, 5.41) is 12.2. The van der Waals surface area contributed by atoms with Gasteiger partial charge in [0.1, 0.15) is 0 Å². The van der Waals surface area contributed by atoms with Gasteiger partial charge in [-0.3, -0.25) is 9.69 Å². The fourth-order valence-corrected chi connectivity index (χ4v) is 2.28. The summed E-state index contributed by atoms with van der Waals surface area (Å²) in [6.07, 6.45) is 3.27. The highest BCUT2D eigenvalue weighted by atomic mass is 16.3. The van der Waals surface area contributed by atoms with E-state index in [1.54, 1.807) is 0 Å². The minimum Gasteiger partial charge on any atom is -0.395 e. The number of hydrogen-bond donors (Lipinski definition) is 2. The van der Waals surface area contributed by atoms with Gasteiger partial charge in [-0.1, -0.05) is 6.42 Å². The third-order valence-corrected chi connectivity index (χ3v) is 3.19. The van der Waals surface area contributed by atoms with E-state index in [9.17, 15) is 9.90 Å². The van der Waals surface area contributed by atoms with Crippen molar-refractivity contribution in [2.75, 3.05) is 13.2 Å². The Balaban J connectivity index is 2.56. The van der Waals surface area contributed by atoms with Crippen LogP contribution < -0.4 is 5.32 Å². The SMILES string of the molecule is CC(C)NC(=O)C(C)N1CCCCC1CO. The molecule has 1 heterocycles. The first-order valence-electron chi connectivity index (χ1n) is 6.23. The first-order valence-corrected chi connectivity index (χ1v) is 6.23. The van der Waals surface area contributed by atoms with Crippen molar-refractivity contribution in [2.24, 2.45) is 0 Å². The van der Waals surface area contributed by atoms with E-state index >= 15 is 0 Å². The van der Waals surface area contributed by atoms with Gasteiger partial charge in [0.2, 0.25) is 5.91 Å². The number of nitrogens with one attached hydrogen (secondary N) is 1. The van der Waals surface area contributed by atoms with Gasteiger partial charge in [-0.25, -0.2) is 0 Å². The number of likely N-dealkylation sites (tertiary alicyclic amines) is 1. The number of carbonyl (C=O) groups is 1. The molecule has 2 atom stereocenters. The summed E-state index contributed by atoms with van der Waals surface area (Å²) in [5.41, 5.74) is 0. The van der Waals surface area contributed by atoms with Gasteiger partial charge >= 0.3 is 0 Å². The maximum Gasteiger partial charge on any atom is 0.237 e. The number of aliphatic hydroxyl groups excluding tert-OH is 1. The number of amides is 1. The zero-order valence-corrected chi connectivity index (χ0v) is 10.6. The van der Waals surface area contributed by atoms with Crippen LogP contribution in [0.3, 0.4) is 0 Å². The Hall–Kier alpha value is -0.610.